The molecule has 290 valence electrons. The van der Waals surface area contributed by atoms with Crippen LogP contribution in [0.3, 0.4) is 0 Å². The molecule has 10 heteroatoms. The SMILES string of the molecule is Cc1cccc2c(-n3c(=O)c4cc5oc6cc7c(cc6oc5cc4c3=O)C3(CC(C)(C)c4cc5oc6cc8c(=O)n(C)c(=O)c8cc6oc5cc43)CC7(C)C)cccc12. The molecule has 10 nitrogen and oxygen atoms in total. The summed E-state index contributed by atoms with van der Waals surface area (Å²) in [5.74, 6) is 0. The second kappa shape index (κ2) is 10.8. The molecule has 1 unspecified atom stereocenters. The van der Waals surface area contributed by atoms with Crippen LogP contribution in [0.5, 0.6) is 0 Å². The van der Waals surface area contributed by atoms with Crippen LogP contribution < -0.4 is 22.2 Å². The lowest BCUT2D eigenvalue weighted by atomic mass is 9.72. The van der Waals surface area contributed by atoms with Crippen LogP contribution in [-0.2, 0) is 23.3 Å². The number of benzene rings is 6. The summed E-state index contributed by atoms with van der Waals surface area (Å²) in [7, 11) is 1.47. The second-order valence-corrected chi connectivity index (χ2v) is 18.1. The van der Waals surface area contributed by atoms with Gasteiger partial charge in [-0.05, 0) is 118 Å². The molecule has 6 aromatic carbocycles. The zero-order valence-electron chi connectivity index (χ0n) is 33.2. The monoisotopic (exact) mass is 780 g/mol. The number of hydrogen-bond donors (Lipinski definition) is 0. The fraction of sp³-hybridized carbons (Fsp3) is 0.224. The fourth-order valence-electron chi connectivity index (χ4n) is 10.9. The summed E-state index contributed by atoms with van der Waals surface area (Å²) in [6, 6.07) is 26.3. The maximum atomic E-state index is 14.1. The van der Waals surface area contributed by atoms with E-state index >= 15 is 0 Å². The number of hydrogen-bond acceptors (Lipinski definition) is 8. The van der Waals surface area contributed by atoms with Gasteiger partial charge < -0.3 is 17.7 Å². The van der Waals surface area contributed by atoms with Crippen molar-refractivity contribution in [3.8, 4) is 5.69 Å². The van der Waals surface area contributed by atoms with Crippen molar-refractivity contribution in [2.45, 2.75) is 63.7 Å². The number of nitrogens with zero attached hydrogens (tertiary/aromatic N) is 2. The first-order chi connectivity index (χ1) is 28.1. The molecule has 0 bridgehead atoms. The minimum atomic E-state index is -0.421. The van der Waals surface area contributed by atoms with E-state index in [1.165, 1.54) is 11.6 Å². The van der Waals surface area contributed by atoms with Gasteiger partial charge in [-0.1, -0.05) is 58.0 Å². The molecule has 2 aliphatic carbocycles. The third-order valence-electron chi connectivity index (χ3n) is 13.5. The average Bonchev–Trinajstić information content (AvgIpc) is 3.75. The molecule has 1 spiro atoms. The zero-order valence-corrected chi connectivity index (χ0v) is 33.2. The first-order valence-electron chi connectivity index (χ1n) is 19.8. The van der Waals surface area contributed by atoms with E-state index in [1.807, 2.05) is 37.3 Å². The van der Waals surface area contributed by atoms with Crippen molar-refractivity contribution < 1.29 is 17.7 Å². The van der Waals surface area contributed by atoms with E-state index in [2.05, 4.69) is 52.0 Å². The van der Waals surface area contributed by atoms with Gasteiger partial charge in [0, 0.05) is 17.8 Å². The maximum absolute atomic E-state index is 14.1. The fourth-order valence-corrected chi connectivity index (χ4v) is 10.9. The Morgan fingerprint density at radius 1 is 0.458 bits per heavy atom. The maximum Gasteiger partial charge on any atom is 0.266 e. The van der Waals surface area contributed by atoms with Gasteiger partial charge in [0.25, 0.3) is 22.2 Å². The molecule has 0 N–H and O–H groups in total. The molecule has 59 heavy (non-hydrogen) atoms. The van der Waals surface area contributed by atoms with Crippen LogP contribution >= 0.6 is 0 Å². The number of aryl methyl sites for hydroxylation is 1. The Labute approximate surface area is 333 Å². The van der Waals surface area contributed by atoms with Crippen molar-refractivity contribution in [2.24, 2.45) is 7.05 Å². The van der Waals surface area contributed by atoms with E-state index in [4.69, 9.17) is 17.7 Å². The minimum absolute atomic E-state index is 0.253. The largest absolute Gasteiger partial charge is 0.449 e. The van der Waals surface area contributed by atoms with Crippen molar-refractivity contribution in [2.75, 3.05) is 0 Å². The Balaban J connectivity index is 1.05. The minimum Gasteiger partial charge on any atom is -0.449 e. The molecule has 0 fully saturated rings. The third-order valence-corrected chi connectivity index (χ3v) is 13.5. The van der Waals surface area contributed by atoms with Crippen LogP contribution in [0.4, 0.5) is 0 Å². The highest BCUT2D eigenvalue weighted by Crippen LogP contribution is 2.63. The lowest BCUT2D eigenvalue weighted by molar-refractivity contribution is 0.349. The van der Waals surface area contributed by atoms with Gasteiger partial charge in [-0.3, -0.25) is 23.7 Å². The molecule has 12 rings (SSSR count). The summed E-state index contributed by atoms with van der Waals surface area (Å²) < 4.78 is 28.5. The molecule has 0 saturated carbocycles. The van der Waals surface area contributed by atoms with E-state index in [1.54, 1.807) is 30.3 Å². The Bertz CT molecular complexity index is 3860. The lowest BCUT2D eigenvalue weighted by Crippen LogP contribution is -2.26. The van der Waals surface area contributed by atoms with Crippen LogP contribution in [0.25, 0.3) is 82.7 Å². The molecule has 0 amide bonds. The van der Waals surface area contributed by atoms with Crippen molar-refractivity contribution >= 4 is 77.0 Å². The molecule has 2 aliphatic rings. The summed E-state index contributed by atoms with van der Waals surface area (Å²) in [6.07, 6.45) is 1.63. The highest BCUT2D eigenvalue weighted by Gasteiger charge is 2.57. The summed E-state index contributed by atoms with van der Waals surface area (Å²) >= 11 is 0. The third kappa shape index (κ3) is 4.30. The van der Waals surface area contributed by atoms with Crippen molar-refractivity contribution in [1.82, 2.24) is 9.13 Å². The Hall–Kier alpha value is -6.94. The molecule has 4 heterocycles. The number of fused-ring (bicyclic) bond motifs is 11. The molecular weight excluding hydrogens is 745 g/mol. The van der Waals surface area contributed by atoms with Gasteiger partial charge in [0.2, 0.25) is 0 Å². The van der Waals surface area contributed by atoms with Gasteiger partial charge in [-0.15, -0.1) is 0 Å². The molecule has 0 aliphatic heterocycles. The molecule has 4 aromatic heterocycles. The summed E-state index contributed by atoms with van der Waals surface area (Å²) in [6.45, 7) is 11.0. The smallest absolute Gasteiger partial charge is 0.266 e. The normalized spacial score (nSPS) is 18.1. The van der Waals surface area contributed by atoms with E-state index in [9.17, 15) is 19.2 Å². The van der Waals surface area contributed by atoms with Crippen LogP contribution in [0.2, 0.25) is 0 Å². The molecule has 10 aromatic rings. The van der Waals surface area contributed by atoms with Gasteiger partial charge in [-0.25, -0.2) is 4.57 Å². The van der Waals surface area contributed by atoms with Crippen molar-refractivity contribution in [3.05, 3.63) is 154 Å². The summed E-state index contributed by atoms with van der Waals surface area (Å²) in [5, 5.41) is 2.92. The van der Waals surface area contributed by atoms with E-state index in [0.29, 0.717) is 61.1 Å². The first-order valence-corrected chi connectivity index (χ1v) is 19.8. The number of rotatable bonds is 1. The molecule has 1 atom stereocenters. The predicted octanol–water partition coefficient (Wildman–Crippen LogP) is 9.66. The van der Waals surface area contributed by atoms with Crippen molar-refractivity contribution in [3.63, 3.8) is 0 Å². The molecule has 0 radical (unpaired) electrons. The van der Waals surface area contributed by atoms with E-state index < -0.39 is 16.5 Å². The lowest BCUT2D eigenvalue weighted by Gasteiger charge is -2.30. The van der Waals surface area contributed by atoms with Gasteiger partial charge in [-0.2, -0.15) is 0 Å². The Morgan fingerprint density at radius 2 is 0.831 bits per heavy atom. The second-order valence-electron chi connectivity index (χ2n) is 18.1. The predicted molar refractivity (Wildman–Crippen MR) is 229 cm³/mol. The number of aromatic nitrogens is 2. The van der Waals surface area contributed by atoms with Gasteiger partial charge in [0.1, 0.15) is 0 Å². The van der Waals surface area contributed by atoms with Gasteiger partial charge in [0.15, 0.2) is 44.7 Å². The van der Waals surface area contributed by atoms with Crippen LogP contribution in [-0.4, -0.2) is 9.13 Å². The highest BCUT2D eigenvalue weighted by molar-refractivity contribution is 5.98. The van der Waals surface area contributed by atoms with Crippen LogP contribution in [0.15, 0.2) is 122 Å². The summed E-state index contributed by atoms with van der Waals surface area (Å²) in [5.41, 5.74) is 7.32. The van der Waals surface area contributed by atoms with Gasteiger partial charge >= 0.3 is 0 Å². The Kier molecular flexibility index (Phi) is 6.22. The quantitative estimate of drug-likeness (QED) is 0.151. The Morgan fingerprint density at radius 3 is 1.29 bits per heavy atom. The van der Waals surface area contributed by atoms with E-state index in [0.717, 1.165) is 56.0 Å². The summed E-state index contributed by atoms with van der Waals surface area (Å²) in [4.78, 5) is 53.7. The topological polar surface area (TPSA) is 131 Å². The average molecular weight is 781 g/mol. The standard InChI is InChI=1S/C49H36N2O8/c1-23-9-7-11-25-24(23)10-8-12-34(25)51-45(54)28-15-37-38(16-29(28)46(51)55)59-42-20-33-31(18-40(42)57-37)48(4,5)22-49(33)21-47(2,3)30-17-39-41(19-32(30)49)58-36-14-27-26(13-35(36)56-39)43(52)50(6)44(27)53/h7-20H,21-22H2,1-6H3. The molecular formula is C49H36N2O8. The van der Waals surface area contributed by atoms with E-state index in [-0.39, 0.29) is 32.7 Å². The van der Waals surface area contributed by atoms with Crippen LogP contribution in [0.1, 0.15) is 68.4 Å². The molecule has 0 saturated heterocycles. The zero-order chi connectivity index (χ0) is 40.7. The highest BCUT2D eigenvalue weighted by atomic mass is 16.4. The van der Waals surface area contributed by atoms with Crippen molar-refractivity contribution in [1.29, 1.82) is 0 Å². The first kappa shape index (κ1) is 34.1. The van der Waals surface area contributed by atoms with Crippen LogP contribution in [0, 0.1) is 6.92 Å². The van der Waals surface area contributed by atoms with Gasteiger partial charge in [0.05, 0.1) is 27.2 Å².